The second-order valence-corrected chi connectivity index (χ2v) is 7.52. The number of rotatable bonds is 6. The number of hydrogen-bond acceptors (Lipinski definition) is 3. The van der Waals surface area contributed by atoms with Gasteiger partial charge >= 0.3 is 0 Å². The maximum atomic E-state index is 13.0. The van der Waals surface area contributed by atoms with E-state index in [1.807, 2.05) is 44.2 Å². The first-order chi connectivity index (χ1) is 13.0. The minimum Gasteiger partial charge on any atom is -0.380 e. The zero-order chi connectivity index (χ0) is 19.4. The van der Waals surface area contributed by atoms with E-state index in [2.05, 4.69) is 32.3 Å². The smallest absolute Gasteiger partial charge is 0.257 e. The van der Waals surface area contributed by atoms with E-state index in [0.717, 1.165) is 26.6 Å². The van der Waals surface area contributed by atoms with E-state index in [1.165, 1.54) is 0 Å². The molecule has 3 rings (SSSR count). The van der Waals surface area contributed by atoms with E-state index in [0.29, 0.717) is 30.2 Å². The molecule has 0 aliphatic heterocycles. The molecule has 0 bridgehead atoms. The number of benzene rings is 2. The Hall–Kier alpha value is -2.11. The van der Waals surface area contributed by atoms with Crippen molar-refractivity contribution in [1.82, 2.24) is 9.88 Å². The highest BCUT2D eigenvalue weighted by Crippen LogP contribution is 2.30. The average Bonchev–Trinajstić information content (AvgIpc) is 2.67. The number of carbonyl (C=O) groups excluding carboxylic acids is 1. The Labute approximate surface area is 172 Å². The van der Waals surface area contributed by atoms with Crippen LogP contribution in [0.25, 0.3) is 10.9 Å². The number of halogens is 2. The van der Waals surface area contributed by atoms with Gasteiger partial charge in [-0.25, -0.2) is 0 Å². The molecule has 3 aromatic rings. The van der Waals surface area contributed by atoms with Gasteiger partial charge in [-0.15, -0.1) is 0 Å². The van der Waals surface area contributed by atoms with E-state index in [-0.39, 0.29) is 5.91 Å². The van der Waals surface area contributed by atoms with E-state index >= 15 is 0 Å². The minimum absolute atomic E-state index is 0.0360. The maximum absolute atomic E-state index is 13.0. The Balaban J connectivity index is 2.06. The van der Waals surface area contributed by atoms with Crippen LogP contribution in [-0.2, 0) is 6.54 Å². The van der Waals surface area contributed by atoms with E-state index in [1.54, 1.807) is 17.2 Å². The summed E-state index contributed by atoms with van der Waals surface area (Å²) < 4.78 is 1.02. The first-order valence-electron chi connectivity index (χ1n) is 8.89. The molecule has 0 aliphatic rings. The molecule has 1 amide bonds. The second kappa shape index (κ2) is 8.72. The van der Waals surface area contributed by atoms with Gasteiger partial charge in [0.2, 0.25) is 0 Å². The molecule has 1 aromatic heterocycles. The Morgan fingerprint density at radius 3 is 2.67 bits per heavy atom. The molecule has 140 valence electrons. The van der Waals surface area contributed by atoms with Gasteiger partial charge in [0.1, 0.15) is 0 Å². The highest BCUT2D eigenvalue weighted by molar-refractivity contribution is 9.10. The lowest BCUT2D eigenvalue weighted by atomic mass is 10.1. The van der Waals surface area contributed by atoms with Crippen LogP contribution in [0, 0.1) is 0 Å². The molecule has 1 heterocycles. The summed E-state index contributed by atoms with van der Waals surface area (Å²) >= 11 is 9.72. The first-order valence-corrected chi connectivity index (χ1v) is 10.1. The van der Waals surface area contributed by atoms with Gasteiger partial charge in [-0.2, -0.15) is 0 Å². The molecule has 0 aliphatic carbocycles. The lowest BCUT2D eigenvalue weighted by Gasteiger charge is -2.21. The van der Waals surface area contributed by atoms with Crippen LogP contribution in [0.1, 0.15) is 29.8 Å². The summed E-state index contributed by atoms with van der Waals surface area (Å²) in [6.07, 6.45) is 1.65. The van der Waals surface area contributed by atoms with Gasteiger partial charge in [-0.05, 0) is 49.7 Å². The fourth-order valence-corrected chi connectivity index (χ4v) is 3.65. The zero-order valence-corrected chi connectivity index (χ0v) is 17.6. The summed E-state index contributed by atoms with van der Waals surface area (Å²) in [5.74, 6) is -0.0360. The predicted molar refractivity (Wildman–Crippen MR) is 115 cm³/mol. The molecule has 1 N–H and O–H groups in total. The Morgan fingerprint density at radius 2 is 1.96 bits per heavy atom. The number of pyridine rings is 1. The van der Waals surface area contributed by atoms with Crippen molar-refractivity contribution in [3.8, 4) is 0 Å². The number of anilines is 1. The van der Waals surface area contributed by atoms with Crippen molar-refractivity contribution in [2.24, 2.45) is 0 Å². The van der Waals surface area contributed by atoms with E-state index in [4.69, 9.17) is 11.6 Å². The summed E-state index contributed by atoms with van der Waals surface area (Å²) in [4.78, 5) is 19.3. The summed E-state index contributed by atoms with van der Waals surface area (Å²) in [5.41, 5.74) is 3.23. The van der Waals surface area contributed by atoms with Gasteiger partial charge in [0.05, 0.1) is 16.8 Å². The van der Waals surface area contributed by atoms with E-state index < -0.39 is 0 Å². The molecule has 27 heavy (non-hydrogen) atoms. The molecule has 0 atom stereocenters. The average molecular weight is 447 g/mol. The molecule has 0 radical (unpaired) electrons. The number of hydrogen-bond donors (Lipinski definition) is 1. The third-order valence-corrected chi connectivity index (χ3v) is 5.20. The van der Waals surface area contributed by atoms with Crippen LogP contribution in [0.15, 0.2) is 53.1 Å². The monoisotopic (exact) mass is 445 g/mol. The van der Waals surface area contributed by atoms with Crippen LogP contribution in [0.4, 0.5) is 5.69 Å². The van der Waals surface area contributed by atoms with Crippen molar-refractivity contribution in [1.29, 1.82) is 0 Å². The fraction of sp³-hybridized carbons (Fsp3) is 0.238. The van der Waals surface area contributed by atoms with Crippen LogP contribution in [0.2, 0.25) is 5.02 Å². The van der Waals surface area contributed by atoms with Gasteiger partial charge in [-0.1, -0.05) is 39.7 Å². The van der Waals surface area contributed by atoms with Crippen molar-refractivity contribution in [2.45, 2.75) is 20.4 Å². The van der Waals surface area contributed by atoms with Gasteiger partial charge in [-0.3, -0.25) is 9.78 Å². The molecule has 0 saturated heterocycles. The van der Waals surface area contributed by atoms with Crippen LogP contribution in [0.3, 0.4) is 0 Å². The first kappa shape index (κ1) is 19.6. The Bertz CT molecular complexity index is 973. The molecular weight excluding hydrogens is 426 g/mol. The SMILES string of the molecule is CCN(CC)C(=O)c1cnc2ccc(Cl)cc2c1NCc1cccc(Br)c1. The lowest BCUT2D eigenvalue weighted by Crippen LogP contribution is -2.31. The quantitative estimate of drug-likeness (QED) is 0.525. The fourth-order valence-electron chi connectivity index (χ4n) is 3.04. The van der Waals surface area contributed by atoms with Crippen molar-refractivity contribution in [3.05, 3.63) is 69.3 Å². The van der Waals surface area contributed by atoms with Crippen molar-refractivity contribution in [3.63, 3.8) is 0 Å². The molecule has 0 unspecified atom stereocenters. The summed E-state index contributed by atoms with van der Waals surface area (Å²) in [6.45, 7) is 5.83. The Kier molecular flexibility index (Phi) is 6.34. The molecular formula is C21H21BrClN3O. The standard InChI is InChI=1S/C21H21BrClN3O/c1-3-26(4-2)21(27)18-13-24-19-9-8-16(23)11-17(19)20(18)25-12-14-6-5-7-15(22)10-14/h5-11,13H,3-4,12H2,1-2H3,(H,24,25). The van der Waals surface area contributed by atoms with Crippen molar-refractivity contribution >= 4 is 50.0 Å². The zero-order valence-electron chi connectivity index (χ0n) is 15.3. The van der Waals surface area contributed by atoms with Gasteiger partial charge in [0.15, 0.2) is 0 Å². The third kappa shape index (κ3) is 4.42. The van der Waals surface area contributed by atoms with Crippen LogP contribution in [-0.4, -0.2) is 28.9 Å². The van der Waals surface area contributed by atoms with Crippen molar-refractivity contribution in [2.75, 3.05) is 18.4 Å². The van der Waals surface area contributed by atoms with Crippen LogP contribution in [0.5, 0.6) is 0 Å². The maximum Gasteiger partial charge on any atom is 0.257 e. The number of nitrogens with zero attached hydrogens (tertiary/aromatic N) is 2. The predicted octanol–water partition coefficient (Wildman–Crippen LogP) is 5.74. The normalized spacial score (nSPS) is 10.8. The molecule has 0 saturated carbocycles. The second-order valence-electron chi connectivity index (χ2n) is 6.17. The Morgan fingerprint density at radius 1 is 1.19 bits per heavy atom. The number of carbonyl (C=O) groups is 1. The number of fused-ring (bicyclic) bond motifs is 1. The molecule has 0 fully saturated rings. The number of aromatic nitrogens is 1. The van der Waals surface area contributed by atoms with Crippen LogP contribution >= 0.6 is 27.5 Å². The third-order valence-electron chi connectivity index (χ3n) is 4.47. The molecule has 0 spiro atoms. The van der Waals surface area contributed by atoms with E-state index in [9.17, 15) is 4.79 Å². The number of nitrogens with one attached hydrogen (secondary N) is 1. The van der Waals surface area contributed by atoms with Gasteiger partial charge in [0.25, 0.3) is 5.91 Å². The summed E-state index contributed by atoms with van der Waals surface area (Å²) in [6, 6.07) is 13.6. The highest BCUT2D eigenvalue weighted by atomic mass is 79.9. The minimum atomic E-state index is -0.0360. The summed E-state index contributed by atoms with van der Waals surface area (Å²) in [7, 11) is 0. The summed E-state index contributed by atoms with van der Waals surface area (Å²) in [5, 5.41) is 4.90. The molecule has 2 aromatic carbocycles. The van der Waals surface area contributed by atoms with Crippen LogP contribution < -0.4 is 5.32 Å². The highest BCUT2D eigenvalue weighted by Gasteiger charge is 2.19. The van der Waals surface area contributed by atoms with Gasteiger partial charge < -0.3 is 10.2 Å². The number of amides is 1. The van der Waals surface area contributed by atoms with Gasteiger partial charge in [0, 0.05) is 40.7 Å². The lowest BCUT2D eigenvalue weighted by molar-refractivity contribution is 0.0773. The molecule has 6 heteroatoms. The molecule has 4 nitrogen and oxygen atoms in total. The van der Waals surface area contributed by atoms with Crippen molar-refractivity contribution < 1.29 is 4.79 Å². The topological polar surface area (TPSA) is 45.2 Å². The largest absolute Gasteiger partial charge is 0.380 e.